The Labute approximate surface area is 146 Å². The first-order valence-corrected chi connectivity index (χ1v) is 8.35. The molecule has 3 rings (SSSR count). The van der Waals surface area contributed by atoms with E-state index in [1.54, 1.807) is 0 Å². The predicted molar refractivity (Wildman–Crippen MR) is 91.7 cm³/mol. The molecular formula is C17H16F4N2OS. The summed E-state index contributed by atoms with van der Waals surface area (Å²) in [4.78, 5) is 4.10. The Morgan fingerprint density at radius 3 is 2.40 bits per heavy atom. The van der Waals surface area contributed by atoms with Gasteiger partial charge in [-0.2, -0.15) is 0 Å². The zero-order chi connectivity index (χ0) is 18.7. The summed E-state index contributed by atoms with van der Waals surface area (Å²) in [6.07, 6.45) is -0.748. The van der Waals surface area contributed by atoms with Crippen molar-refractivity contribution in [2.45, 2.75) is 20.3 Å². The summed E-state index contributed by atoms with van der Waals surface area (Å²) in [7, 11) is 1.17. The third-order valence-electron chi connectivity index (χ3n) is 3.35. The lowest BCUT2D eigenvalue weighted by Gasteiger charge is -2.04. The van der Waals surface area contributed by atoms with Gasteiger partial charge in [0.05, 0.1) is 10.2 Å². The van der Waals surface area contributed by atoms with Gasteiger partial charge in [-0.1, -0.05) is 13.8 Å². The Kier molecular flexibility index (Phi) is 5.84. The van der Waals surface area contributed by atoms with Crippen LogP contribution in [-0.2, 0) is 0 Å². The van der Waals surface area contributed by atoms with Crippen LogP contribution in [0.25, 0.3) is 15.8 Å². The molecule has 0 atom stereocenters. The number of aromatic hydroxyl groups is 1. The van der Waals surface area contributed by atoms with E-state index < -0.39 is 35.4 Å². The molecular weight excluding hydrogens is 356 g/mol. The van der Waals surface area contributed by atoms with E-state index >= 15 is 0 Å². The third-order valence-corrected chi connectivity index (χ3v) is 4.42. The average Bonchev–Trinajstić information content (AvgIpc) is 3.00. The highest BCUT2D eigenvalue weighted by Crippen LogP contribution is 2.41. The highest BCUT2D eigenvalue weighted by molar-refractivity contribution is 7.19. The molecule has 3 nitrogen and oxygen atoms in total. The molecule has 0 amide bonds. The Hall–Kier alpha value is -2.35. The molecule has 0 saturated carbocycles. The number of aromatic nitrogens is 1. The third kappa shape index (κ3) is 3.53. The van der Waals surface area contributed by atoms with Crippen molar-refractivity contribution in [2.75, 3.05) is 7.05 Å². The number of benzene rings is 1. The van der Waals surface area contributed by atoms with Crippen molar-refractivity contribution in [3.05, 3.63) is 52.2 Å². The molecule has 0 bridgehead atoms. The fraction of sp³-hybridized carbons (Fsp3) is 0.235. The summed E-state index contributed by atoms with van der Waals surface area (Å²) < 4.78 is 56.6. The second-order valence-corrected chi connectivity index (χ2v) is 5.83. The lowest BCUT2D eigenvalue weighted by Crippen LogP contribution is -2.09. The highest BCUT2D eigenvalue weighted by atomic mass is 32.1. The molecule has 134 valence electrons. The minimum Gasteiger partial charge on any atom is -0.508 e. The average molecular weight is 372 g/mol. The molecule has 2 N–H and O–H groups in total. The summed E-state index contributed by atoms with van der Waals surface area (Å²) in [6, 6.07) is 4.30. The fourth-order valence-electron chi connectivity index (χ4n) is 2.22. The number of phenolic OH excluding ortho intramolecular Hbond substituents is 1. The van der Waals surface area contributed by atoms with Crippen LogP contribution in [0.5, 0.6) is 5.75 Å². The largest absolute Gasteiger partial charge is 0.508 e. The van der Waals surface area contributed by atoms with Crippen molar-refractivity contribution in [3.8, 4) is 5.75 Å². The summed E-state index contributed by atoms with van der Waals surface area (Å²) in [6.45, 7) is 4.00. The van der Waals surface area contributed by atoms with E-state index in [0.29, 0.717) is 10.2 Å². The smallest absolute Gasteiger partial charge is 0.185 e. The van der Waals surface area contributed by atoms with Crippen LogP contribution in [0.1, 0.15) is 25.3 Å². The van der Waals surface area contributed by atoms with Crippen molar-refractivity contribution in [3.63, 3.8) is 0 Å². The van der Waals surface area contributed by atoms with Crippen LogP contribution in [0.15, 0.2) is 47.2 Å². The molecule has 2 aromatic rings. The zero-order valence-corrected chi connectivity index (χ0v) is 14.6. The quantitative estimate of drug-likeness (QED) is 0.668. The maximum Gasteiger partial charge on any atom is 0.185 e. The van der Waals surface area contributed by atoms with Crippen molar-refractivity contribution < 1.29 is 22.7 Å². The van der Waals surface area contributed by atoms with Crippen molar-refractivity contribution in [1.29, 1.82) is 0 Å². The van der Waals surface area contributed by atoms with E-state index in [2.05, 4.69) is 10.3 Å². The van der Waals surface area contributed by atoms with Crippen LogP contribution in [-0.4, -0.2) is 17.1 Å². The second kappa shape index (κ2) is 7.69. The minimum atomic E-state index is -1.50. The standard InChI is InChI=1S/C15H10F4N2OS.C2H6/c1-20-14-12(18)8(16)5-7(11(17)13(14)19)15-21-9-3-2-6(22)4-10(9)23-15;1-2/h2-4,20,22H,5H2,1H3;1-2H3. The van der Waals surface area contributed by atoms with Gasteiger partial charge in [0.2, 0.25) is 0 Å². The van der Waals surface area contributed by atoms with Crippen molar-refractivity contribution in [1.82, 2.24) is 10.3 Å². The molecule has 25 heavy (non-hydrogen) atoms. The van der Waals surface area contributed by atoms with Gasteiger partial charge >= 0.3 is 0 Å². The number of phenols is 1. The van der Waals surface area contributed by atoms with Gasteiger partial charge in [0.25, 0.3) is 0 Å². The highest BCUT2D eigenvalue weighted by Gasteiger charge is 2.29. The molecule has 0 aliphatic heterocycles. The lowest BCUT2D eigenvalue weighted by atomic mass is 10.1. The monoisotopic (exact) mass is 372 g/mol. The Morgan fingerprint density at radius 1 is 1.08 bits per heavy atom. The van der Waals surface area contributed by atoms with E-state index in [4.69, 9.17) is 0 Å². The van der Waals surface area contributed by atoms with Gasteiger partial charge in [-0.05, 0) is 18.2 Å². The van der Waals surface area contributed by atoms with Gasteiger partial charge in [0.15, 0.2) is 17.5 Å². The van der Waals surface area contributed by atoms with Gasteiger partial charge in [0, 0.05) is 19.0 Å². The van der Waals surface area contributed by atoms with E-state index in [0.717, 1.165) is 11.3 Å². The minimum absolute atomic E-state index is 0.0105. The van der Waals surface area contributed by atoms with Gasteiger partial charge in [-0.15, -0.1) is 11.3 Å². The molecule has 0 fully saturated rings. The first-order valence-electron chi connectivity index (χ1n) is 7.53. The zero-order valence-electron chi connectivity index (χ0n) is 13.8. The van der Waals surface area contributed by atoms with Crippen molar-refractivity contribution >= 4 is 27.1 Å². The Balaban J connectivity index is 0.00000109. The van der Waals surface area contributed by atoms with Crippen molar-refractivity contribution in [2.24, 2.45) is 0 Å². The molecule has 1 aliphatic carbocycles. The number of rotatable bonds is 2. The number of nitrogens with one attached hydrogen (secondary N) is 1. The number of halogens is 4. The van der Waals surface area contributed by atoms with E-state index in [1.165, 1.54) is 25.2 Å². The first-order chi connectivity index (χ1) is 11.9. The molecule has 8 heteroatoms. The van der Waals surface area contributed by atoms with Gasteiger partial charge in [0.1, 0.15) is 22.3 Å². The number of nitrogens with zero attached hydrogens (tertiary/aromatic N) is 1. The van der Waals surface area contributed by atoms with E-state index in [-0.39, 0.29) is 16.3 Å². The van der Waals surface area contributed by atoms with Crippen LogP contribution in [0, 0.1) is 0 Å². The number of allylic oxidation sites excluding steroid dienone is 5. The SMILES string of the molecule is CC.CNC1=C(F)C(F)=C(c2nc3ccc(O)cc3s2)CC(F)=C1F. The first kappa shape index (κ1) is 19.0. The number of fused-ring (bicyclic) bond motifs is 1. The van der Waals surface area contributed by atoms with Crippen LogP contribution in [0.2, 0.25) is 0 Å². The van der Waals surface area contributed by atoms with Crippen LogP contribution >= 0.6 is 11.3 Å². The molecule has 0 spiro atoms. The molecule has 1 aromatic carbocycles. The molecule has 0 radical (unpaired) electrons. The number of thiazole rings is 1. The lowest BCUT2D eigenvalue weighted by molar-refractivity contribution is 0.476. The second-order valence-electron chi connectivity index (χ2n) is 4.80. The Bertz CT molecular complexity index is 899. The number of hydrogen-bond acceptors (Lipinski definition) is 4. The summed E-state index contributed by atoms with van der Waals surface area (Å²) in [5.74, 6) is -5.62. The molecule has 1 aromatic heterocycles. The van der Waals surface area contributed by atoms with E-state index in [1.807, 2.05) is 13.8 Å². The van der Waals surface area contributed by atoms with Crippen LogP contribution in [0.4, 0.5) is 17.6 Å². The van der Waals surface area contributed by atoms with Gasteiger partial charge < -0.3 is 10.4 Å². The number of hydrogen-bond donors (Lipinski definition) is 2. The summed E-state index contributed by atoms with van der Waals surface area (Å²) in [5.41, 5.74) is -0.801. The number of likely N-dealkylation sites (N-methyl/N-ethyl adjacent to an activating group) is 1. The van der Waals surface area contributed by atoms with Crippen LogP contribution in [0.3, 0.4) is 0 Å². The van der Waals surface area contributed by atoms with Gasteiger partial charge in [-0.3, -0.25) is 0 Å². The maximum atomic E-state index is 14.3. The molecule has 1 aliphatic rings. The molecule has 0 saturated heterocycles. The molecule has 1 heterocycles. The normalized spacial score (nSPS) is 15.3. The van der Waals surface area contributed by atoms with Crippen LogP contribution < -0.4 is 5.32 Å². The Morgan fingerprint density at radius 2 is 1.76 bits per heavy atom. The summed E-state index contributed by atoms with van der Waals surface area (Å²) >= 11 is 0.955. The molecule has 0 unspecified atom stereocenters. The maximum absolute atomic E-state index is 14.3. The van der Waals surface area contributed by atoms with E-state index in [9.17, 15) is 22.7 Å². The summed E-state index contributed by atoms with van der Waals surface area (Å²) in [5, 5.41) is 11.6. The van der Waals surface area contributed by atoms with Gasteiger partial charge in [-0.25, -0.2) is 22.5 Å². The topological polar surface area (TPSA) is 45.2 Å². The predicted octanol–water partition coefficient (Wildman–Crippen LogP) is 5.66. The fourth-order valence-corrected chi connectivity index (χ4v) is 3.25.